The number of H-pyrrole nitrogens is 1. The van der Waals surface area contributed by atoms with Gasteiger partial charge in [0.1, 0.15) is 11.8 Å². The first-order valence-corrected chi connectivity index (χ1v) is 7.79. The lowest BCUT2D eigenvalue weighted by Gasteiger charge is -2.33. The first kappa shape index (κ1) is 15.3. The third-order valence-corrected chi connectivity index (χ3v) is 4.07. The molecule has 5 nitrogen and oxygen atoms in total. The van der Waals surface area contributed by atoms with Gasteiger partial charge in [-0.3, -0.25) is 4.79 Å². The maximum atomic E-state index is 12.5. The van der Waals surface area contributed by atoms with Crippen LogP contribution in [0.3, 0.4) is 0 Å². The number of amides is 1. The molecule has 0 bridgehead atoms. The van der Waals surface area contributed by atoms with E-state index in [2.05, 4.69) is 17.1 Å². The lowest BCUT2D eigenvalue weighted by Crippen LogP contribution is -2.45. The molecule has 1 amide bonds. The van der Waals surface area contributed by atoms with Crippen molar-refractivity contribution in [3.63, 3.8) is 0 Å². The fourth-order valence-corrected chi connectivity index (χ4v) is 2.82. The topological polar surface area (TPSA) is 69.1 Å². The number of carbonyl (C=O) groups is 1. The third-order valence-electron chi connectivity index (χ3n) is 4.07. The van der Waals surface area contributed by atoms with Crippen molar-refractivity contribution < 1.29 is 9.53 Å². The van der Waals surface area contributed by atoms with E-state index in [1.54, 1.807) is 12.3 Å². The van der Waals surface area contributed by atoms with Crippen molar-refractivity contribution in [3.05, 3.63) is 59.4 Å². The highest BCUT2D eigenvalue weighted by molar-refractivity contribution is 5.94. The van der Waals surface area contributed by atoms with Crippen molar-refractivity contribution >= 4 is 5.91 Å². The Balaban J connectivity index is 1.57. The predicted molar refractivity (Wildman–Crippen MR) is 85.9 cm³/mol. The van der Waals surface area contributed by atoms with Crippen LogP contribution in [0.1, 0.15) is 28.0 Å². The van der Waals surface area contributed by atoms with Gasteiger partial charge in [0.15, 0.2) is 0 Å². The second-order valence-electron chi connectivity index (χ2n) is 5.68. The summed E-state index contributed by atoms with van der Waals surface area (Å²) < 4.78 is 5.79. The van der Waals surface area contributed by atoms with E-state index in [-0.39, 0.29) is 12.0 Å². The zero-order chi connectivity index (χ0) is 16.1. The smallest absolute Gasteiger partial charge is 0.255 e. The number of aromatic amines is 1. The molecule has 2 aromatic rings. The van der Waals surface area contributed by atoms with E-state index < -0.39 is 0 Å². The number of carbonyl (C=O) groups excluding carboxylic acids is 1. The zero-order valence-corrected chi connectivity index (χ0v) is 12.9. The molecule has 1 N–H and O–H groups in total. The van der Waals surface area contributed by atoms with Crippen LogP contribution in [0.4, 0.5) is 0 Å². The van der Waals surface area contributed by atoms with E-state index in [1.165, 1.54) is 5.56 Å². The molecule has 1 saturated heterocycles. The van der Waals surface area contributed by atoms with Crippen LogP contribution in [0, 0.1) is 11.3 Å². The Morgan fingerprint density at radius 3 is 2.96 bits per heavy atom. The minimum atomic E-state index is -0.0456. The number of morpholine rings is 1. The molecule has 1 aliphatic rings. The summed E-state index contributed by atoms with van der Waals surface area (Å²) in [4.78, 5) is 17.1. The van der Waals surface area contributed by atoms with E-state index in [0.717, 1.165) is 12.8 Å². The van der Waals surface area contributed by atoms with Gasteiger partial charge in [0.2, 0.25) is 0 Å². The third kappa shape index (κ3) is 3.79. The molecule has 5 heteroatoms. The van der Waals surface area contributed by atoms with Crippen LogP contribution < -0.4 is 0 Å². The molecule has 0 unspecified atom stereocenters. The summed E-state index contributed by atoms with van der Waals surface area (Å²) in [5.74, 6) is -0.0456. The van der Waals surface area contributed by atoms with E-state index in [9.17, 15) is 4.79 Å². The Morgan fingerprint density at radius 1 is 1.39 bits per heavy atom. The summed E-state index contributed by atoms with van der Waals surface area (Å²) >= 11 is 0. The summed E-state index contributed by atoms with van der Waals surface area (Å²) in [5.41, 5.74) is 2.22. The highest BCUT2D eigenvalue weighted by Crippen LogP contribution is 2.15. The Labute approximate surface area is 135 Å². The molecule has 2 heterocycles. The van der Waals surface area contributed by atoms with E-state index >= 15 is 0 Å². The summed E-state index contributed by atoms with van der Waals surface area (Å²) in [7, 11) is 0. The number of hydrogen-bond acceptors (Lipinski definition) is 3. The molecule has 1 aliphatic heterocycles. The quantitative estimate of drug-likeness (QED) is 0.942. The fourth-order valence-electron chi connectivity index (χ4n) is 2.82. The second-order valence-corrected chi connectivity index (χ2v) is 5.68. The normalized spacial score (nSPS) is 17.7. The summed E-state index contributed by atoms with van der Waals surface area (Å²) in [6.45, 7) is 1.74. The van der Waals surface area contributed by atoms with Crippen molar-refractivity contribution in [2.24, 2.45) is 0 Å². The Kier molecular flexibility index (Phi) is 4.74. The van der Waals surface area contributed by atoms with Crippen molar-refractivity contribution in [3.8, 4) is 6.07 Å². The second kappa shape index (κ2) is 7.12. The molecule has 0 spiro atoms. The van der Waals surface area contributed by atoms with Gasteiger partial charge in [-0.05, 0) is 24.5 Å². The first-order chi connectivity index (χ1) is 11.3. The van der Waals surface area contributed by atoms with Gasteiger partial charge in [0, 0.05) is 19.3 Å². The van der Waals surface area contributed by atoms with Crippen LogP contribution in [0.15, 0.2) is 42.6 Å². The minimum absolute atomic E-state index is 0.0456. The highest BCUT2D eigenvalue weighted by atomic mass is 16.5. The zero-order valence-electron chi connectivity index (χ0n) is 12.9. The number of aryl methyl sites for hydroxylation is 1. The van der Waals surface area contributed by atoms with E-state index in [0.29, 0.717) is 31.0 Å². The largest absolute Gasteiger partial charge is 0.375 e. The van der Waals surface area contributed by atoms with Crippen LogP contribution >= 0.6 is 0 Å². The highest BCUT2D eigenvalue weighted by Gasteiger charge is 2.25. The van der Waals surface area contributed by atoms with Crippen LogP contribution in [0.25, 0.3) is 0 Å². The molecule has 3 rings (SSSR count). The van der Waals surface area contributed by atoms with Gasteiger partial charge >= 0.3 is 0 Å². The average molecular weight is 309 g/mol. The maximum absolute atomic E-state index is 12.5. The van der Waals surface area contributed by atoms with Gasteiger partial charge < -0.3 is 14.6 Å². The van der Waals surface area contributed by atoms with Crippen molar-refractivity contribution in [2.75, 3.05) is 19.7 Å². The lowest BCUT2D eigenvalue weighted by molar-refractivity contribution is -0.0245. The van der Waals surface area contributed by atoms with Crippen LogP contribution in [0.2, 0.25) is 0 Å². The molecular weight excluding hydrogens is 290 g/mol. The molecule has 118 valence electrons. The number of rotatable bonds is 4. The van der Waals surface area contributed by atoms with E-state index in [4.69, 9.17) is 10.00 Å². The molecule has 1 atom stereocenters. The SMILES string of the molecule is N#Cc1cc(C(=O)N2CCO[C@H](CCc3ccccc3)C2)c[nH]1. The van der Waals surface area contributed by atoms with Crippen molar-refractivity contribution in [1.29, 1.82) is 5.26 Å². The molecule has 23 heavy (non-hydrogen) atoms. The van der Waals surface area contributed by atoms with Crippen molar-refractivity contribution in [1.82, 2.24) is 9.88 Å². The molecule has 1 fully saturated rings. The summed E-state index contributed by atoms with van der Waals surface area (Å²) in [5, 5.41) is 8.84. The van der Waals surface area contributed by atoms with E-state index in [1.807, 2.05) is 29.2 Å². The monoisotopic (exact) mass is 309 g/mol. The number of nitriles is 1. The molecule has 0 radical (unpaired) electrons. The van der Waals surface area contributed by atoms with Gasteiger partial charge in [0.25, 0.3) is 5.91 Å². The molecule has 0 saturated carbocycles. The van der Waals surface area contributed by atoms with Crippen molar-refractivity contribution in [2.45, 2.75) is 18.9 Å². The fraction of sp³-hybridized carbons (Fsp3) is 0.333. The summed E-state index contributed by atoms with van der Waals surface area (Å²) in [6.07, 6.45) is 3.48. The van der Waals surface area contributed by atoms with Crippen LogP contribution in [0.5, 0.6) is 0 Å². The van der Waals surface area contributed by atoms with Gasteiger partial charge in [-0.2, -0.15) is 5.26 Å². The number of nitrogens with one attached hydrogen (secondary N) is 1. The molecule has 1 aromatic carbocycles. The number of aromatic nitrogens is 1. The number of benzene rings is 1. The molecule has 0 aliphatic carbocycles. The van der Waals surface area contributed by atoms with Crippen LogP contribution in [-0.2, 0) is 11.2 Å². The number of nitrogens with zero attached hydrogens (tertiary/aromatic N) is 2. The van der Waals surface area contributed by atoms with Gasteiger partial charge in [0.05, 0.1) is 18.3 Å². The standard InChI is InChI=1S/C18H19N3O2/c19-11-16-10-15(12-20-16)18(22)21-8-9-23-17(13-21)7-6-14-4-2-1-3-5-14/h1-5,10,12,17,20H,6-9,13H2/t17-/m1/s1. The molecule has 1 aromatic heterocycles. The van der Waals surface area contributed by atoms with Gasteiger partial charge in [-0.25, -0.2) is 0 Å². The van der Waals surface area contributed by atoms with Gasteiger partial charge in [-0.1, -0.05) is 30.3 Å². The summed E-state index contributed by atoms with van der Waals surface area (Å²) in [6, 6.07) is 13.9. The van der Waals surface area contributed by atoms with Gasteiger partial charge in [-0.15, -0.1) is 0 Å². The predicted octanol–water partition coefficient (Wildman–Crippen LogP) is 2.36. The number of ether oxygens (including phenoxy) is 1. The first-order valence-electron chi connectivity index (χ1n) is 7.79. The Bertz CT molecular complexity index is 703. The Hall–Kier alpha value is -2.58. The Morgan fingerprint density at radius 2 is 2.22 bits per heavy atom. The minimum Gasteiger partial charge on any atom is -0.375 e. The average Bonchev–Trinajstić information content (AvgIpc) is 3.10. The van der Waals surface area contributed by atoms with Crippen LogP contribution in [-0.4, -0.2) is 41.6 Å². The number of hydrogen-bond donors (Lipinski definition) is 1. The lowest BCUT2D eigenvalue weighted by atomic mass is 10.1. The molecular formula is C18H19N3O2. The maximum Gasteiger partial charge on any atom is 0.255 e.